The fourth-order valence-electron chi connectivity index (χ4n) is 3.20. The number of amides is 1. The molecular formula is C18H23N3O3. The highest BCUT2D eigenvalue weighted by Gasteiger charge is 2.35. The topological polar surface area (TPSA) is 56.6 Å². The van der Waals surface area contributed by atoms with Crippen LogP contribution in [0.3, 0.4) is 0 Å². The molecule has 1 aliphatic rings. The van der Waals surface area contributed by atoms with E-state index >= 15 is 0 Å². The first-order valence-electron chi connectivity index (χ1n) is 8.08. The molecule has 0 bridgehead atoms. The number of methoxy groups -OCH3 is 2. The average molecular weight is 329 g/mol. The predicted octanol–water partition coefficient (Wildman–Crippen LogP) is 1.81. The van der Waals surface area contributed by atoms with Crippen molar-refractivity contribution in [2.75, 3.05) is 27.4 Å². The summed E-state index contributed by atoms with van der Waals surface area (Å²) in [6, 6.07) is 7.82. The van der Waals surface area contributed by atoms with E-state index in [1.807, 2.05) is 39.9 Å². The average Bonchev–Trinajstić information content (AvgIpc) is 3.24. The van der Waals surface area contributed by atoms with Crippen LogP contribution in [0.2, 0.25) is 0 Å². The molecule has 1 aliphatic heterocycles. The van der Waals surface area contributed by atoms with E-state index in [1.165, 1.54) is 0 Å². The van der Waals surface area contributed by atoms with E-state index in [9.17, 15) is 4.79 Å². The van der Waals surface area contributed by atoms with Crippen molar-refractivity contribution in [3.05, 3.63) is 54.1 Å². The van der Waals surface area contributed by atoms with Gasteiger partial charge < -0.3 is 18.9 Å². The summed E-state index contributed by atoms with van der Waals surface area (Å²) in [7, 11) is 3.35. The lowest BCUT2D eigenvalue weighted by molar-refractivity contribution is 0.0612. The van der Waals surface area contributed by atoms with Crippen molar-refractivity contribution >= 4 is 5.91 Å². The second-order valence-corrected chi connectivity index (χ2v) is 6.10. The van der Waals surface area contributed by atoms with Crippen molar-refractivity contribution in [3.8, 4) is 0 Å². The summed E-state index contributed by atoms with van der Waals surface area (Å²) in [5, 5.41) is 0. The molecule has 1 saturated heterocycles. The maximum Gasteiger partial charge on any atom is 0.254 e. The van der Waals surface area contributed by atoms with Crippen LogP contribution in [-0.2, 0) is 16.0 Å². The fourth-order valence-corrected chi connectivity index (χ4v) is 3.20. The van der Waals surface area contributed by atoms with Gasteiger partial charge in [-0.1, -0.05) is 12.1 Å². The van der Waals surface area contributed by atoms with Crippen LogP contribution in [0, 0.1) is 0 Å². The van der Waals surface area contributed by atoms with Gasteiger partial charge in [0.2, 0.25) is 0 Å². The predicted molar refractivity (Wildman–Crippen MR) is 89.9 cm³/mol. The molecule has 1 aromatic heterocycles. The standard InChI is InChI=1S/C18H23N3O3/c1-23-12-16-9-17(24-2)11-21(16)18(22)15-5-3-4-14(8-15)10-20-7-6-19-13-20/h3-8,13,16-17H,9-12H2,1-2H3/t16-,17+/m0/s1. The number of nitrogens with zero attached hydrogens (tertiary/aromatic N) is 3. The van der Waals surface area contributed by atoms with E-state index in [0.29, 0.717) is 25.3 Å². The zero-order valence-electron chi connectivity index (χ0n) is 14.1. The van der Waals surface area contributed by atoms with Crippen molar-refractivity contribution in [2.45, 2.75) is 25.1 Å². The molecule has 2 aromatic rings. The Hall–Kier alpha value is -2.18. The van der Waals surface area contributed by atoms with Gasteiger partial charge in [-0.2, -0.15) is 0 Å². The summed E-state index contributed by atoms with van der Waals surface area (Å²) in [6.45, 7) is 1.83. The summed E-state index contributed by atoms with van der Waals surface area (Å²) in [5.41, 5.74) is 1.77. The number of rotatable bonds is 6. The Balaban J connectivity index is 1.76. The molecule has 1 fully saturated rings. The van der Waals surface area contributed by atoms with Crippen molar-refractivity contribution in [1.29, 1.82) is 0 Å². The Bertz CT molecular complexity index is 672. The van der Waals surface area contributed by atoms with E-state index in [2.05, 4.69) is 4.98 Å². The van der Waals surface area contributed by atoms with Crippen LogP contribution < -0.4 is 0 Å². The minimum atomic E-state index is 0.0316. The van der Waals surface area contributed by atoms with Crippen LogP contribution in [0.4, 0.5) is 0 Å². The van der Waals surface area contributed by atoms with Gasteiger partial charge in [0, 0.05) is 45.3 Å². The molecule has 0 spiro atoms. The highest BCUT2D eigenvalue weighted by atomic mass is 16.5. The van der Waals surface area contributed by atoms with Crippen molar-refractivity contribution in [3.63, 3.8) is 0 Å². The quantitative estimate of drug-likeness (QED) is 0.811. The first-order valence-corrected chi connectivity index (χ1v) is 8.08. The maximum absolute atomic E-state index is 12.9. The number of hydrogen-bond donors (Lipinski definition) is 0. The normalized spacial score (nSPS) is 20.5. The third-order valence-corrected chi connectivity index (χ3v) is 4.43. The Morgan fingerprint density at radius 1 is 1.38 bits per heavy atom. The molecule has 0 saturated carbocycles. The van der Waals surface area contributed by atoms with Crippen molar-refractivity contribution in [2.24, 2.45) is 0 Å². The third-order valence-electron chi connectivity index (χ3n) is 4.43. The molecule has 0 aliphatic carbocycles. The van der Waals surface area contributed by atoms with Gasteiger partial charge in [0.25, 0.3) is 5.91 Å². The lowest BCUT2D eigenvalue weighted by Gasteiger charge is -2.24. The molecular weight excluding hydrogens is 306 g/mol. The van der Waals surface area contributed by atoms with Crippen LogP contribution in [0.25, 0.3) is 0 Å². The van der Waals surface area contributed by atoms with Crippen LogP contribution in [0.5, 0.6) is 0 Å². The van der Waals surface area contributed by atoms with Crippen LogP contribution in [0.1, 0.15) is 22.3 Å². The minimum Gasteiger partial charge on any atom is -0.383 e. The van der Waals surface area contributed by atoms with E-state index in [1.54, 1.807) is 26.7 Å². The van der Waals surface area contributed by atoms with Gasteiger partial charge in [0.1, 0.15) is 0 Å². The summed E-state index contributed by atoms with van der Waals surface area (Å²) in [4.78, 5) is 18.9. The van der Waals surface area contributed by atoms with E-state index in [-0.39, 0.29) is 18.1 Å². The summed E-state index contributed by atoms with van der Waals surface area (Å²) in [6.07, 6.45) is 6.31. The Morgan fingerprint density at radius 3 is 2.96 bits per heavy atom. The van der Waals surface area contributed by atoms with Crippen molar-refractivity contribution < 1.29 is 14.3 Å². The number of likely N-dealkylation sites (tertiary alicyclic amines) is 1. The molecule has 1 amide bonds. The van der Waals surface area contributed by atoms with Crippen LogP contribution in [0.15, 0.2) is 43.0 Å². The Labute approximate surface area is 142 Å². The maximum atomic E-state index is 12.9. The lowest BCUT2D eigenvalue weighted by atomic mass is 10.1. The zero-order valence-corrected chi connectivity index (χ0v) is 14.1. The molecule has 0 unspecified atom stereocenters. The molecule has 0 N–H and O–H groups in total. The van der Waals surface area contributed by atoms with Gasteiger partial charge in [-0.3, -0.25) is 4.79 Å². The van der Waals surface area contributed by atoms with E-state index in [4.69, 9.17) is 9.47 Å². The number of imidazole rings is 1. The van der Waals surface area contributed by atoms with E-state index < -0.39 is 0 Å². The Kier molecular flexibility index (Phi) is 5.27. The summed E-state index contributed by atoms with van der Waals surface area (Å²) >= 11 is 0. The second kappa shape index (κ2) is 7.59. The third kappa shape index (κ3) is 3.66. The molecule has 1 aromatic carbocycles. The first kappa shape index (κ1) is 16.7. The lowest BCUT2D eigenvalue weighted by Crippen LogP contribution is -2.38. The number of carbonyl (C=O) groups excluding carboxylic acids is 1. The zero-order chi connectivity index (χ0) is 16.9. The fraction of sp³-hybridized carbons (Fsp3) is 0.444. The molecule has 2 heterocycles. The van der Waals surface area contributed by atoms with E-state index in [0.717, 1.165) is 12.0 Å². The number of ether oxygens (including phenoxy) is 2. The summed E-state index contributed by atoms with van der Waals surface area (Å²) in [5.74, 6) is 0.0316. The molecule has 6 heteroatoms. The number of hydrogen-bond acceptors (Lipinski definition) is 4. The monoisotopic (exact) mass is 329 g/mol. The van der Waals surface area contributed by atoms with Gasteiger partial charge in [0.05, 0.1) is 25.1 Å². The van der Waals surface area contributed by atoms with Gasteiger partial charge in [0.15, 0.2) is 0 Å². The minimum absolute atomic E-state index is 0.0316. The highest BCUT2D eigenvalue weighted by molar-refractivity contribution is 5.94. The van der Waals surface area contributed by atoms with Gasteiger partial charge in [-0.05, 0) is 24.1 Å². The Morgan fingerprint density at radius 2 is 2.25 bits per heavy atom. The molecule has 2 atom stereocenters. The molecule has 0 radical (unpaired) electrons. The molecule has 128 valence electrons. The van der Waals surface area contributed by atoms with Gasteiger partial charge in [-0.15, -0.1) is 0 Å². The van der Waals surface area contributed by atoms with Crippen LogP contribution in [-0.4, -0.2) is 59.9 Å². The number of benzene rings is 1. The van der Waals surface area contributed by atoms with Crippen molar-refractivity contribution in [1.82, 2.24) is 14.5 Å². The highest BCUT2D eigenvalue weighted by Crippen LogP contribution is 2.23. The smallest absolute Gasteiger partial charge is 0.254 e. The largest absolute Gasteiger partial charge is 0.383 e. The molecule has 6 nitrogen and oxygen atoms in total. The second-order valence-electron chi connectivity index (χ2n) is 6.10. The van der Waals surface area contributed by atoms with Gasteiger partial charge in [-0.25, -0.2) is 4.98 Å². The SMILES string of the molecule is COC[C@@H]1C[C@@H](OC)CN1C(=O)c1cccc(Cn2ccnc2)c1. The number of aromatic nitrogens is 2. The number of carbonyl (C=O) groups is 1. The molecule has 3 rings (SSSR count). The van der Waals surface area contributed by atoms with Crippen LogP contribution >= 0.6 is 0 Å². The summed E-state index contributed by atoms with van der Waals surface area (Å²) < 4.78 is 12.7. The first-order chi connectivity index (χ1) is 11.7. The molecule has 24 heavy (non-hydrogen) atoms. The van der Waals surface area contributed by atoms with Gasteiger partial charge >= 0.3 is 0 Å².